The number of carbonyl (C=O) groups is 1. The number of hydrogen-bond acceptors (Lipinski definition) is 5. The van der Waals surface area contributed by atoms with Crippen LogP contribution >= 0.6 is 0 Å². The Morgan fingerprint density at radius 2 is 1.95 bits per heavy atom. The summed E-state index contributed by atoms with van der Waals surface area (Å²) in [6.45, 7) is 3.54. The zero-order chi connectivity index (χ0) is 14.5. The van der Waals surface area contributed by atoms with Crippen LogP contribution in [0.2, 0.25) is 0 Å². The summed E-state index contributed by atoms with van der Waals surface area (Å²) >= 11 is 0. The van der Waals surface area contributed by atoms with Gasteiger partial charge in [-0.2, -0.15) is 0 Å². The van der Waals surface area contributed by atoms with Crippen LogP contribution in [0.5, 0.6) is 0 Å². The van der Waals surface area contributed by atoms with Gasteiger partial charge in [0.2, 0.25) is 0 Å². The first kappa shape index (κ1) is 13.2. The molecule has 0 radical (unpaired) electrons. The second kappa shape index (κ2) is 4.10. The van der Waals surface area contributed by atoms with Gasteiger partial charge in [0.1, 0.15) is 6.10 Å². The quantitative estimate of drug-likeness (QED) is 0.613. The third kappa shape index (κ3) is 1.83. The normalized spacial score (nSPS) is 31.3. The smallest absolute Gasteiger partial charge is 0.269 e. The minimum atomic E-state index is -0.917. The van der Waals surface area contributed by atoms with Gasteiger partial charge in [-0.15, -0.1) is 0 Å². The number of non-ortho nitro benzene ring substituents is 1. The first-order valence-electron chi connectivity index (χ1n) is 6.50. The number of nitro benzene ring substituents is 1. The molecule has 1 aliphatic carbocycles. The van der Waals surface area contributed by atoms with E-state index in [-0.39, 0.29) is 11.5 Å². The monoisotopic (exact) mass is 277 g/mol. The van der Waals surface area contributed by atoms with Gasteiger partial charge in [0.05, 0.1) is 4.92 Å². The van der Waals surface area contributed by atoms with Crippen LogP contribution in [0.1, 0.15) is 38.4 Å². The number of Topliss-reactive ketones (excluding diaryl/α,β-unsaturated/α-hetero) is 1. The summed E-state index contributed by atoms with van der Waals surface area (Å²) in [5.74, 6) is -0.797. The standard InChI is InChI=1S/C14H15NO5/c1-13(2)19-12(14(20-13)8-7-11(14)16)9-3-5-10(6-4-9)15(17)18/h3-6,12H,7-8H2,1-2H3. The molecule has 6 heteroatoms. The lowest BCUT2D eigenvalue weighted by atomic mass is 9.72. The lowest BCUT2D eigenvalue weighted by molar-refractivity contribution is -0.384. The summed E-state index contributed by atoms with van der Waals surface area (Å²) in [4.78, 5) is 22.2. The predicted octanol–water partition coefficient (Wildman–Crippen LogP) is 2.52. The van der Waals surface area contributed by atoms with E-state index in [0.717, 1.165) is 5.56 Å². The average molecular weight is 277 g/mol. The van der Waals surface area contributed by atoms with Gasteiger partial charge in [-0.25, -0.2) is 0 Å². The van der Waals surface area contributed by atoms with E-state index in [1.54, 1.807) is 26.0 Å². The van der Waals surface area contributed by atoms with Crippen LogP contribution in [-0.2, 0) is 14.3 Å². The van der Waals surface area contributed by atoms with Crippen molar-refractivity contribution in [3.05, 3.63) is 39.9 Å². The van der Waals surface area contributed by atoms with Crippen molar-refractivity contribution >= 4 is 11.5 Å². The molecule has 6 nitrogen and oxygen atoms in total. The molecule has 2 unspecified atom stereocenters. The summed E-state index contributed by atoms with van der Waals surface area (Å²) in [7, 11) is 0. The molecule has 0 amide bonds. The predicted molar refractivity (Wildman–Crippen MR) is 69.1 cm³/mol. The SMILES string of the molecule is CC1(C)OC(c2ccc([N+](=O)[O-])cc2)C2(CCC2=O)O1. The van der Waals surface area contributed by atoms with Crippen LogP contribution in [0.3, 0.4) is 0 Å². The Balaban J connectivity index is 1.95. The molecule has 1 aromatic rings. The van der Waals surface area contributed by atoms with Gasteiger partial charge in [0.25, 0.3) is 5.69 Å². The van der Waals surface area contributed by atoms with E-state index in [2.05, 4.69) is 0 Å². The van der Waals surface area contributed by atoms with E-state index in [1.807, 2.05) is 0 Å². The molecule has 0 N–H and O–H groups in total. The van der Waals surface area contributed by atoms with E-state index < -0.39 is 22.4 Å². The van der Waals surface area contributed by atoms with Crippen molar-refractivity contribution in [2.45, 2.75) is 44.2 Å². The number of rotatable bonds is 2. The lowest BCUT2D eigenvalue weighted by Crippen LogP contribution is -2.52. The van der Waals surface area contributed by atoms with Crippen molar-refractivity contribution in [1.82, 2.24) is 0 Å². The fourth-order valence-corrected chi connectivity index (χ4v) is 2.86. The maximum atomic E-state index is 12.0. The molecule has 20 heavy (non-hydrogen) atoms. The molecule has 2 fully saturated rings. The van der Waals surface area contributed by atoms with E-state index in [4.69, 9.17) is 9.47 Å². The second-order valence-corrected chi connectivity index (χ2v) is 5.66. The molecule has 1 saturated carbocycles. The summed E-state index contributed by atoms with van der Waals surface area (Å²) in [5.41, 5.74) is -0.172. The van der Waals surface area contributed by atoms with Gasteiger partial charge in [0, 0.05) is 18.6 Å². The van der Waals surface area contributed by atoms with Gasteiger partial charge in [-0.1, -0.05) is 0 Å². The van der Waals surface area contributed by atoms with Crippen molar-refractivity contribution in [2.24, 2.45) is 0 Å². The molecule has 1 heterocycles. The topological polar surface area (TPSA) is 78.7 Å². The van der Waals surface area contributed by atoms with E-state index >= 15 is 0 Å². The number of hydrogen-bond donors (Lipinski definition) is 0. The van der Waals surface area contributed by atoms with Crippen LogP contribution in [0.4, 0.5) is 5.69 Å². The minimum Gasteiger partial charge on any atom is -0.339 e. The van der Waals surface area contributed by atoms with Gasteiger partial charge in [0.15, 0.2) is 17.2 Å². The van der Waals surface area contributed by atoms with Crippen molar-refractivity contribution in [3.63, 3.8) is 0 Å². The van der Waals surface area contributed by atoms with Crippen molar-refractivity contribution in [3.8, 4) is 0 Å². The molecular formula is C14H15NO5. The minimum absolute atomic E-state index is 0.0147. The maximum absolute atomic E-state index is 12.0. The summed E-state index contributed by atoms with van der Waals surface area (Å²) in [6.07, 6.45) is 0.611. The number of nitrogens with zero attached hydrogens (tertiary/aromatic N) is 1. The highest BCUT2D eigenvalue weighted by Gasteiger charge is 2.62. The van der Waals surface area contributed by atoms with Crippen LogP contribution in [0, 0.1) is 10.1 Å². The number of ketones is 1. The second-order valence-electron chi connectivity index (χ2n) is 5.66. The van der Waals surface area contributed by atoms with Crippen LogP contribution in [-0.4, -0.2) is 22.1 Å². The lowest BCUT2D eigenvalue weighted by Gasteiger charge is -2.38. The van der Waals surface area contributed by atoms with Crippen LogP contribution < -0.4 is 0 Å². The van der Waals surface area contributed by atoms with Crippen LogP contribution in [0.15, 0.2) is 24.3 Å². The van der Waals surface area contributed by atoms with E-state index in [9.17, 15) is 14.9 Å². The molecule has 3 rings (SSSR count). The largest absolute Gasteiger partial charge is 0.339 e. The van der Waals surface area contributed by atoms with Gasteiger partial charge in [-0.3, -0.25) is 14.9 Å². The Kier molecular flexibility index (Phi) is 2.71. The third-order valence-corrected chi connectivity index (χ3v) is 3.86. The van der Waals surface area contributed by atoms with Crippen molar-refractivity contribution in [1.29, 1.82) is 0 Å². The molecule has 106 valence electrons. The Bertz CT molecular complexity index is 580. The van der Waals surface area contributed by atoms with Crippen molar-refractivity contribution < 1.29 is 19.2 Å². The zero-order valence-electron chi connectivity index (χ0n) is 11.3. The highest BCUT2D eigenvalue weighted by molar-refractivity contribution is 5.94. The Morgan fingerprint density at radius 1 is 1.30 bits per heavy atom. The fraction of sp³-hybridized carbons (Fsp3) is 0.500. The number of carbonyl (C=O) groups excluding carboxylic acids is 1. The number of ether oxygens (including phenoxy) is 2. The van der Waals surface area contributed by atoms with Gasteiger partial charge in [-0.05, 0) is 38.0 Å². The van der Waals surface area contributed by atoms with Gasteiger partial charge >= 0.3 is 0 Å². The molecule has 1 aromatic carbocycles. The van der Waals surface area contributed by atoms with Crippen molar-refractivity contribution in [2.75, 3.05) is 0 Å². The summed E-state index contributed by atoms with van der Waals surface area (Å²) < 4.78 is 11.7. The number of benzene rings is 1. The molecule has 1 saturated heterocycles. The molecule has 0 bridgehead atoms. The fourth-order valence-electron chi connectivity index (χ4n) is 2.86. The van der Waals surface area contributed by atoms with Gasteiger partial charge < -0.3 is 9.47 Å². The average Bonchev–Trinajstić information content (AvgIpc) is 2.71. The first-order chi connectivity index (χ1) is 9.34. The highest BCUT2D eigenvalue weighted by atomic mass is 16.8. The van der Waals surface area contributed by atoms with E-state index in [1.165, 1.54) is 12.1 Å². The molecule has 0 aromatic heterocycles. The number of nitro groups is 1. The molecule has 1 aliphatic heterocycles. The van der Waals surface area contributed by atoms with E-state index in [0.29, 0.717) is 12.8 Å². The summed E-state index contributed by atoms with van der Waals surface area (Å²) in [6, 6.07) is 6.09. The summed E-state index contributed by atoms with van der Waals surface area (Å²) in [5, 5.41) is 10.7. The Morgan fingerprint density at radius 3 is 2.40 bits per heavy atom. The Labute approximate surface area is 115 Å². The molecular weight excluding hydrogens is 262 g/mol. The molecule has 1 spiro atoms. The third-order valence-electron chi connectivity index (χ3n) is 3.86. The maximum Gasteiger partial charge on any atom is 0.269 e. The molecule has 2 aliphatic rings. The highest BCUT2D eigenvalue weighted by Crippen LogP contribution is 2.53. The first-order valence-corrected chi connectivity index (χ1v) is 6.50. The molecule has 2 atom stereocenters. The van der Waals surface area contributed by atoms with Crippen LogP contribution in [0.25, 0.3) is 0 Å². The Hall–Kier alpha value is -1.79. The zero-order valence-corrected chi connectivity index (χ0v) is 11.3.